The molecule has 0 unspecified atom stereocenters. The van der Waals surface area contributed by atoms with E-state index >= 15 is 0 Å². The molecule has 94 valence electrons. The first-order valence-corrected chi connectivity index (χ1v) is 6.38. The van der Waals surface area contributed by atoms with Gasteiger partial charge in [0.15, 0.2) is 10.2 Å². The van der Waals surface area contributed by atoms with Gasteiger partial charge >= 0.3 is 6.08 Å². The third-order valence-corrected chi connectivity index (χ3v) is 3.61. The fourth-order valence-corrected chi connectivity index (χ4v) is 2.69. The molecule has 0 bridgehead atoms. The Kier molecular flexibility index (Phi) is 5.49. The van der Waals surface area contributed by atoms with Crippen molar-refractivity contribution in [2.75, 3.05) is 12.8 Å². The molecule has 0 atom stereocenters. The maximum absolute atomic E-state index is 12.5. The Morgan fingerprint density at radius 3 is 2.88 bits per heavy atom. The van der Waals surface area contributed by atoms with E-state index in [1.165, 1.54) is 36.4 Å². The van der Waals surface area contributed by atoms with Crippen molar-refractivity contribution >= 4 is 29.3 Å². The van der Waals surface area contributed by atoms with E-state index < -0.39 is 11.9 Å². The zero-order valence-electron chi connectivity index (χ0n) is 8.82. The van der Waals surface area contributed by atoms with Crippen molar-refractivity contribution in [2.45, 2.75) is 10.8 Å². The van der Waals surface area contributed by atoms with E-state index in [1.54, 1.807) is 5.38 Å². The fraction of sp³-hybridized carbons (Fsp3) is 0.333. The molecule has 0 aliphatic heterocycles. The molecule has 0 spiro atoms. The lowest BCUT2D eigenvalue weighted by atomic mass is 10.4. The Morgan fingerprint density at radius 2 is 2.29 bits per heavy atom. The maximum Gasteiger partial charge on any atom is 0.301 e. The van der Waals surface area contributed by atoms with E-state index in [4.69, 9.17) is 0 Å². The van der Waals surface area contributed by atoms with E-state index in [9.17, 15) is 18.4 Å². The molecule has 3 nitrogen and oxygen atoms in total. The van der Waals surface area contributed by atoms with Gasteiger partial charge in [0.05, 0.1) is 0 Å². The molecule has 8 heteroatoms. The minimum Gasteiger partial charge on any atom is -0.624 e. The minimum absolute atomic E-state index is 0.184. The van der Waals surface area contributed by atoms with Crippen LogP contribution in [0.3, 0.4) is 0 Å². The number of hydrogen-bond donors (Lipinski definition) is 0. The number of aromatic nitrogens is 1. The average molecular weight is 282 g/mol. The van der Waals surface area contributed by atoms with Gasteiger partial charge in [0, 0.05) is 17.6 Å². The zero-order chi connectivity index (χ0) is 12.8. The van der Waals surface area contributed by atoms with Crippen molar-refractivity contribution in [3.63, 3.8) is 0 Å². The highest BCUT2D eigenvalue weighted by atomic mass is 32.2. The summed E-state index contributed by atoms with van der Waals surface area (Å²) in [5.74, 6) is -1.20. The first kappa shape index (κ1) is 14.0. The predicted molar refractivity (Wildman–Crippen MR) is 62.5 cm³/mol. The smallest absolute Gasteiger partial charge is 0.301 e. The lowest BCUT2D eigenvalue weighted by molar-refractivity contribution is -0.416. The summed E-state index contributed by atoms with van der Waals surface area (Å²) in [5, 5.41) is 12.3. The SMILES string of the molecule is C/[N+]([O-])=C/c1csc(SCCC(F)=C(F)F)n1. The number of hydroxylamine groups is 1. The van der Waals surface area contributed by atoms with E-state index in [0.717, 1.165) is 0 Å². The molecule has 0 aliphatic rings. The van der Waals surface area contributed by atoms with Gasteiger partial charge in [-0.05, 0) is 0 Å². The van der Waals surface area contributed by atoms with Crippen LogP contribution < -0.4 is 0 Å². The summed E-state index contributed by atoms with van der Waals surface area (Å²) < 4.78 is 37.2. The van der Waals surface area contributed by atoms with Crippen LogP contribution in [0.15, 0.2) is 21.6 Å². The third-order valence-electron chi connectivity index (χ3n) is 1.57. The van der Waals surface area contributed by atoms with E-state index in [-0.39, 0.29) is 12.2 Å². The fourth-order valence-electron chi connectivity index (χ4n) is 0.903. The maximum atomic E-state index is 12.5. The molecule has 0 fully saturated rings. The monoisotopic (exact) mass is 282 g/mol. The highest BCUT2D eigenvalue weighted by molar-refractivity contribution is 8.01. The van der Waals surface area contributed by atoms with Crippen LogP contribution in [0.25, 0.3) is 0 Å². The molecule has 0 saturated carbocycles. The highest BCUT2D eigenvalue weighted by Crippen LogP contribution is 2.25. The Morgan fingerprint density at radius 1 is 1.59 bits per heavy atom. The van der Waals surface area contributed by atoms with Gasteiger partial charge in [-0.1, -0.05) is 11.8 Å². The molecule has 17 heavy (non-hydrogen) atoms. The normalized spacial score (nSPS) is 11.6. The van der Waals surface area contributed by atoms with Crippen molar-refractivity contribution in [3.8, 4) is 0 Å². The second-order valence-corrected chi connectivity index (χ2v) is 5.18. The number of hydrogen-bond acceptors (Lipinski definition) is 4. The van der Waals surface area contributed by atoms with Crippen LogP contribution in [-0.2, 0) is 0 Å². The summed E-state index contributed by atoms with van der Waals surface area (Å²) in [4.78, 5) is 4.05. The summed E-state index contributed by atoms with van der Waals surface area (Å²) in [5.41, 5.74) is 0.502. The average Bonchev–Trinajstić information content (AvgIpc) is 2.64. The van der Waals surface area contributed by atoms with Gasteiger partial charge in [0.25, 0.3) is 0 Å². The van der Waals surface area contributed by atoms with Gasteiger partial charge in [0.2, 0.25) is 6.21 Å². The lowest BCUT2D eigenvalue weighted by Crippen LogP contribution is -1.97. The Balaban J connectivity index is 2.46. The quantitative estimate of drug-likeness (QED) is 0.273. The van der Waals surface area contributed by atoms with Gasteiger partial charge in [-0.2, -0.15) is 8.78 Å². The number of halogens is 3. The molecule has 1 heterocycles. The summed E-state index contributed by atoms with van der Waals surface area (Å²) in [7, 11) is 1.33. The summed E-state index contributed by atoms with van der Waals surface area (Å²) in [6, 6.07) is 0. The molecular weight excluding hydrogens is 273 g/mol. The Hall–Kier alpha value is -1.02. The molecule has 1 rings (SSSR count). The molecule has 1 aromatic heterocycles. The van der Waals surface area contributed by atoms with Crippen molar-refractivity contribution in [2.24, 2.45) is 0 Å². The van der Waals surface area contributed by atoms with E-state index in [2.05, 4.69) is 4.98 Å². The molecule has 0 aliphatic carbocycles. The van der Waals surface area contributed by atoms with Crippen LogP contribution in [0, 0.1) is 5.21 Å². The summed E-state index contributed by atoms with van der Waals surface area (Å²) in [6.07, 6.45) is -1.30. The van der Waals surface area contributed by atoms with Crippen LogP contribution in [0.2, 0.25) is 0 Å². The first-order valence-electron chi connectivity index (χ1n) is 4.52. The van der Waals surface area contributed by atoms with Crippen molar-refractivity contribution in [1.29, 1.82) is 0 Å². The predicted octanol–water partition coefficient (Wildman–Crippen LogP) is 3.26. The topological polar surface area (TPSA) is 39.0 Å². The van der Waals surface area contributed by atoms with Crippen LogP contribution in [-0.4, -0.2) is 28.7 Å². The molecular formula is C9H9F3N2OS2. The zero-order valence-corrected chi connectivity index (χ0v) is 10.5. The Labute approximate surface area is 104 Å². The van der Waals surface area contributed by atoms with E-state index in [0.29, 0.717) is 14.8 Å². The highest BCUT2D eigenvalue weighted by Gasteiger charge is 2.07. The van der Waals surface area contributed by atoms with Gasteiger partial charge in [0.1, 0.15) is 12.7 Å². The van der Waals surface area contributed by atoms with Crippen LogP contribution in [0.1, 0.15) is 12.1 Å². The van der Waals surface area contributed by atoms with E-state index in [1.807, 2.05) is 0 Å². The standard InChI is InChI=1S/C9H9F3N2OS2/c1-14(15)4-6-5-17-9(13-6)16-3-2-7(10)8(11)12/h4-5H,2-3H2,1H3/b14-4-. The van der Waals surface area contributed by atoms with Gasteiger partial charge in [-0.25, -0.2) is 14.1 Å². The lowest BCUT2D eigenvalue weighted by Gasteiger charge is -1.95. The van der Waals surface area contributed by atoms with Gasteiger partial charge in [-0.15, -0.1) is 11.3 Å². The molecule has 0 saturated heterocycles. The molecule has 0 radical (unpaired) electrons. The van der Waals surface area contributed by atoms with Crippen molar-refractivity contribution < 1.29 is 17.9 Å². The van der Waals surface area contributed by atoms with Gasteiger partial charge < -0.3 is 5.21 Å². The van der Waals surface area contributed by atoms with Gasteiger partial charge in [-0.3, -0.25) is 0 Å². The summed E-state index contributed by atoms with van der Waals surface area (Å²) in [6.45, 7) is 0. The van der Waals surface area contributed by atoms with Crippen LogP contribution >= 0.6 is 23.1 Å². The van der Waals surface area contributed by atoms with Crippen LogP contribution in [0.4, 0.5) is 13.2 Å². The largest absolute Gasteiger partial charge is 0.624 e. The number of thioether (sulfide) groups is 1. The molecule has 0 N–H and O–H groups in total. The number of rotatable bonds is 5. The summed E-state index contributed by atoms with van der Waals surface area (Å²) >= 11 is 2.45. The van der Waals surface area contributed by atoms with Crippen molar-refractivity contribution in [3.05, 3.63) is 28.2 Å². The van der Waals surface area contributed by atoms with Crippen molar-refractivity contribution in [1.82, 2.24) is 4.98 Å². The molecule has 1 aromatic rings. The molecule has 0 amide bonds. The number of nitrogens with zero attached hydrogens (tertiary/aromatic N) is 2. The third kappa shape index (κ3) is 5.22. The second-order valence-electron chi connectivity index (χ2n) is 2.98. The second kappa shape index (κ2) is 6.65. The van der Waals surface area contributed by atoms with Crippen LogP contribution in [0.5, 0.6) is 0 Å². The Bertz CT molecular complexity index is 437. The number of thiazole rings is 1. The minimum atomic E-state index is -2.27. The first-order chi connectivity index (χ1) is 7.99. The number of allylic oxidation sites excluding steroid dienone is 1. The molecule has 0 aromatic carbocycles.